The number of rotatable bonds is 4. The number of fused-ring (bicyclic) bond motifs is 1. The van der Waals surface area contributed by atoms with Gasteiger partial charge in [0.1, 0.15) is 0 Å². The summed E-state index contributed by atoms with van der Waals surface area (Å²) in [5.74, 6) is 0. The van der Waals surface area contributed by atoms with Crippen molar-refractivity contribution in [1.82, 2.24) is 4.90 Å². The van der Waals surface area contributed by atoms with Gasteiger partial charge in [-0.3, -0.25) is 4.90 Å². The molecule has 2 nitrogen and oxygen atoms in total. The van der Waals surface area contributed by atoms with Crippen LogP contribution in [0.2, 0.25) is 0 Å². The van der Waals surface area contributed by atoms with Gasteiger partial charge in [-0.05, 0) is 42.3 Å². The van der Waals surface area contributed by atoms with Crippen LogP contribution in [0.25, 0.3) is 0 Å². The molecule has 19 heavy (non-hydrogen) atoms. The second-order valence-corrected chi connectivity index (χ2v) is 7.11. The highest BCUT2D eigenvalue weighted by atomic mass is 15.1. The van der Waals surface area contributed by atoms with Gasteiger partial charge < -0.3 is 5.73 Å². The molecule has 1 unspecified atom stereocenters. The van der Waals surface area contributed by atoms with Gasteiger partial charge in [0.15, 0.2) is 0 Å². The molecule has 106 valence electrons. The largest absolute Gasteiger partial charge is 0.328 e. The average Bonchev–Trinajstić information content (AvgIpc) is 2.34. The summed E-state index contributed by atoms with van der Waals surface area (Å²) in [4.78, 5) is 2.55. The maximum Gasteiger partial charge on any atom is 0.0236 e. The average molecular weight is 260 g/mol. The highest BCUT2D eigenvalue weighted by Crippen LogP contribution is 2.22. The van der Waals surface area contributed by atoms with Gasteiger partial charge in [-0.2, -0.15) is 0 Å². The number of benzene rings is 1. The lowest BCUT2D eigenvalue weighted by molar-refractivity contribution is 0.231. The smallest absolute Gasteiger partial charge is 0.0236 e. The van der Waals surface area contributed by atoms with Crippen LogP contribution in [0.4, 0.5) is 0 Å². The Kier molecular flexibility index (Phi) is 4.64. The highest BCUT2D eigenvalue weighted by Gasteiger charge is 2.19. The van der Waals surface area contributed by atoms with E-state index in [0.29, 0.717) is 11.5 Å². The topological polar surface area (TPSA) is 29.3 Å². The second kappa shape index (κ2) is 6.06. The van der Waals surface area contributed by atoms with Crippen LogP contribution < -0.4 is 5.73 Å². The third-order valence-corrected chi connectivity index (χ3v) is 3.90. The molecule has 0 amide bonds. The molecule has 0 aliphatic carbocycles. The van der Waals surface area contributed by atoms with E-state index in [4.69, 9.17) is 5.73 Å². The third kappa shape index (κ3) is 4.63. The molecule has 0 spiro atoms. The van der Waals surface area contributed by atoms with Crippen LogP contribution >= 0.6 is 0 Å². The maximum absolute atomic E-state index is 6.24. The Morgan fingerprint density at radius 1 is 1.21 bits per heavy atom. The van der Waals surface area contributed by atoms with E-state index in [9.17, 15) is 0 Å². The molecule has 2 heteroatoms. The predicted molar refractivity (Wildman–Crippen MR) is 82.1 cm³/mol. The normalized spacial score (nSPS) is 18.1. The van der Waals surface area contributed by atoms with Crippen molar-refractivity contribution in [3.8, 4) is 0 Å². The van der Waals surface area contributed by atoms with E-state index >= 15 is 0 Å². The zero-order valence-electron chi connectivity index (χ0n) is 12.7. The van der Waals surface area contributed by atoms with E-state index in [-0.39, 0.29) is 0 Å². The molecular weight excluding hydrogens is 232 g/mol. The molecule has 1 aliphatic heterocycles. The Bertz CT molecular complexity index is 406. The highest BCUT2D eigenvalue weighted by molar-refractivity contribution is 5.28. The van der Waals surface area contributed by atoms with E-state index in [1.54, 1.807) is 0 Å². The van der Waals surface area contributed by atoms with Crippen molar-refractivity contribution in [3.63, 3.8) is 0 Å². The number of nitrogens with zero attached hydrogens (tertiary/aromatic N) is 1. The molecule has 0 saturated carbocycles. The molecule has 0 saturated heterocycles. The van der Waals surface area contributed by atoms with Gasteiger partial charge in [-0.1, -0.05) is 45.0 Å². The lowest BCUT2D eigenvalue weighted by atomic mass is 9.87. The Labute approximate surface area is 118 Å². The summed E-state index contributed by atoms with van der Waals surface area (Å²) < 4.78 is 0. The van der Waals surface area contributed by atoms with Crippen molar-refractivity contribution in [2.75, 3.05) is 13.1 Å². The van der Waals surface area contributed by atoms with Gasteiger partial charge in [-0.15, -0.1) is 0 Å². The summed E-state index contributed by atoms with van der Waals surface area (Å²) in [6.07, 6.45) is 3.40. The monoisotopic (exact) mass is 260 g/mol. The summed E-state index contributed by atoms with van der Waals surface area (Å²) in [5, 5.41) is 0. The van der Waals surface area contributed by atoms with Gasteiger partial charge in [0.2, 0.25) is 0 Å². The maximum atomic E-state index is 6.24. The zero-order chi connectivity index (χ0) is 13.9. The fourth-order valence-corrected chi connectivity index (χ4v) is 2.98. The first-order valence-electron chi connectivity index (χ1n) is 7.49. The molecule has 2 N–H and O–H groups in total. The molecule has 1 aliphatic rings. The van der Waals surface area contributed by atoms with Crippen LogP contribution in [0.3, 0.4) is 0 Å². The van der Waals surface area contributed by atoms with Gasteiger partial charge in [0.05, 0.1) is 0 Å². The Balaban J connectivity index is 1.80. The van der Waals surface area contributed by atoms with Gasteiger partial charge in [0, 0.05) is 19.1 Å². The van der Waals surface area contributed by atoms with Gasteiger partial charge in [0.25, 0.3) is 0 Å². The Morgan fingerprint density at radius 2 is 1.89 bits per heavy atom. The summed E-state index contributed by atoms with van der Waals surface area (Å²) in [6.45, 7) is 10.2. The van der Waals surface area contributed by atoms with E-state index in [0.717, 1.165) is 25.9 Å². The van der Waals surface area contributed by atoms with Crippen LogP contribution in [0, 0.1) is 5.41 Å². The first-order valence-corrected chi connectivity index (χ1v) is 7.49. The van der Waals surface area contributed by atoms with Crippen molar-refractivity contribution >= 4 is 0 Å². The minimum atomic E-state index is 0.331. The molecule has 1 aromatic carbocycles. The van der Waals surface area contributed by atoms with Crippen LogP contribution in [0.1, 0.15) is 44.7 Å². The molecule has 0 fully saturated rings. The number of hydrogen-bond donors (Lipinski definition) is 1. The van der Waals surface area contributed by atoms with Crippen molar-refractivity contribution in [1.29, 1.82) is 0 Å². The zero-order valence-corrected chi connectivity index (χ0v) is 12.7. The van der Waals surface area contributed by atoms with Crippen LogP contribution in [0.15, 0.2) is 24.3 Å². The molecule has 1 heterocycles. The standard InChI is InChI=1S/C17H28N2/c1-17(2,3)12-16(18)9-11-19-10-8-14-6-4-5-7-15(14)13-19/h4-7,16H,8-13,18H2,1-3H3. The molecule has 2 rings (SSSR count). The minimum Gasteiger partial charge on any atom is -0.328 e. The van der Waals surface area contributed by atoms with E-state index in [1.807, 2.05) is 0 Å². The lowest BCUT2D eigenvalue weighted by Gasteiger charge is -2.30. The number of nitrogens with two attached hydrogens (primary N) is 1. The summed E-state index contributed by atoms with van der Waals surface area (Å²) >= 11 is 0. The molecule has 0 aromatic heterocycles. The predicted octanol–water partition coefficient (Wildman–Crippen LogP) is 3.20. The van der Waals surface area contributed by atoms with Crippen LogP contribution in [0.5, 0.6) is 0 Å². The fraction of sp³-hybridized carbons (Fsp3) is 0.647. The van der Waals surface area contributed by atoms with E-state index in [1.165, 1.54) is 24.1 Å². The van der Waals surface area contributed by atoms with Crippen molar-refractivity contribution in [2.45, 2.75) is 52.6 Å². The van der Waals surface area contributed by atoms with Crippen LogP contribution in [-0.4, -0.2) is 24.0 Å². The molecule has 1 aromatic rings. The van der Waals surface area contributed by atoms with E-state index < -0.39 is 0 Å². The Morgan fingerprint density at radius 3 is 2.58 bits per heavy atom. The summed E-state index contributed by atoms with van der Waals surface area (Å²) in [7, 11) is 0. The Hall–Kier alpha value is -0.860. The van der Waals surface area contributed by atoms with Crippen LogP contribution in [-0.2, 0) is 13.0 Å². The SMILES string of the molecule is CC(C)(C)CC(N)CCN1CCc2ccccc2C1. The summed E-state index contributed by atoms with van der Waals surface area (Å²) in [5.41, 5.74) is 9.61. The first kappa shape index (κ1) is 14.5. The summed E-state index contributed by atoms with van der Waals surface area (Å²) in [6, 6.07) is 9.15. The molecular formula is C17H28N2. The number of hydrogen-bond acceptors (Lipinski definition) is 2. The fourth-order valence-electron chi connectivity index (χ4n) is 2.98. The van der Waals surface area contributed by atoms with E-state index in [2.05, 4.69) is 49.9 Å². The molecule has 1 atom stereocenters. The van der Waals surface area contributed by atoms with Gasteiger partial charge >= 0.3 is 0 Å². The van der Waals surface area contributed by atoms with Crippen molar-refractivity contribution < 1.29 is 0 Å². The molecule has 0 radical (unpaired) electrons. The molecule has 0 bridgehead atoms. The van der Waals surface area contributed by atoms with Gasteiger partial charge in [-0.25, -0.2) is 0 Å². The lowest BCUT2D eigenvalue weighted by Crippen LogP contribution is -2.35. The quantitative estimate of drug-likeness (QED) is 0.901. The first-order chi connectivity index (χ1) is 8.94. The minimum absolute atomic E-state index is 0.331. The second-order valence-electron chi connectivity index (χ2n) is 7.11. The van der Waals surface area contributed by atoms with Crippen molar-refractivity contribution in [3.05, 3.63) is 35.4 Å². The van der Waals surface area contributed by atoms with Crippen molar-refractivity contribution in [2.24, 2.45) is 11.1 Å². The third-order valence-electron chi connectivity index (χ3n) is 3.90.